The molecule has 6 nitrogen and oxygen atoms in total. The first-order valence-corrected chi connectivity index (χ1v) is 10.8. The molecule has 1 aromatic carbocycles. The van der Waals surface area contributed by atoms with Gasteiger partial charge in [-0.2, -0.15) is 8.78 Å². The van der Waals surface area contributed by atoms with E-state index in [9.17, 15) is 22.0 Å². The SMILES string of the molecule is Cc1cc(=O)cc(C)n1/C=C/c1ccc(OC(F)F)c(OC2CCS(=O)(=O)C2)c1. The Kier molecular flexibility index (Phi) is 6.07. The van der Waals surface area contributed by atoms with Crippen LogP contribution in [0.15, 0.2) is 35.1 Å². The fourth-order valence-corrected chi connectivity index (χ4v) is 4.80. The van der Waals surface area contributed by atoms with Gasteiger partial charge in [0.2, 0.25) is 0 Å². The Bertz CT molecular complexity index is 1070. The molecular weight excluding hydrogens is 404 g/mol. The van der Waals surface area contributed by atoms with E-state index in [-0.39, 0.29) is 28.4 Å². The van der Waals surface area contributed by atoms with Crippen molar-refractivity contribution in [2.75, 3.05) is 11.5 Å². The molecule has 0 spiro atoms. The second kappa shape index (κ2) is 8.36. The Morgan fingerprint density at radius 3 is 2.41 bits per heavy atom. The van der Waals surface area contributed by atoms with Crippen molar-refractivity contribution in [3.63, 3.8) is 0 Å². The van der Waals surface area contributed by atoms with Crippen LogP contribution in [0.1, 0.15) is 23.4 Å². The van der Waals surface area contributed by atoms with Crippen molar-refractivity contribution in [1.29, 1.82) is 0 Å². The van der Waals surface area contributed by atoms with E-state index < -0.39 is 22.6 Å². The normalized spacial score (nSPS) is 18.4. The minimum absolute atomic E-state index is 0.00714. The fraction of sp³-hybridized carbons (Fsp3) is 0.350. The maximum atomic E-state index is 12.7. The van der Waals surface area contributed by atoms with E-state index in [2.05, 4.69) is 4.74 Å². The third-order valence-corrected chi connectivity index (χ3v) is 6.28. The standard InChI is InChI=1S/C20H21F2NO5S/c1-13-9-16(24)10-14(2)23(13)7-5-15-3-4-18(28-20(21)22)19(11-15)27-17-6-8-29(25,26)12-17/h3-5,7,9-11,17,20H,6,8,12H2,1-2H3/b7-5+. The first kappa shape index (κ1) is 21.0. The number of hydrogen-bond acceptors (Lipinski definition) is 5. The minimum atomic E-state index is -3.18. The minimum Gasteiger partial charge on any atom is -0.485 e. The maximum absolute atomic E-state index is 12.7. The number of hydrogen-bond donors (Lipinski definition) is 0. The second-order valence-corrected chi connectivity index (χ2v) is 9.12. The van der Waals surface area contributed by atoms with E-state index in [4.69, 9.17) is 4.74 Å². The van der Waals surface area contributed by atoms with Gasteiger partial charge >= 0.3 is 6.61 Å². The van der Waals surface area contributed by atoms with Crippen LogP contribution in [0.3, 0.4) is 0 Å². The quantitative estimate of drug-likeness (QED) is 0.710. The first-order chi connectivity index (χ1) is 13.6. The molecule has 0 N–H and O–H groups in total. The molecule has 29 heavy (non-hydrogen) atoms. The fourth-order valence-electron chi connectivity index (χ4n) is 3.21. The molecule has 0 radical (unpaired) electrons. The van der Waals surface area contributed by atoms with Crippen molar-refractivity contribution < 1.29 is 26.7 Å². The topological polar surface area (TPSA) is 74.6 Å². The molecule has 2 aromatic rings. The average Bonchev–Trinajstić information content (AvgIpc) is 2.94. The van der Waals surface area contributed by atoms with Crippen LogP contribution in [-0.4, -0.2) is 37.2 Å². The van der Waals surface area contributed by atoms with Gasteiger partial charge in [0, 0.05) is 29.7 Å². The highest BCUT2D eigenvalue weighted by atomic mass is 32.2. The Morgan fingerprint density at radius 1 is 1.14 bits per heavy atom. The number of aromatic nitrogens is 1. The highest BCUT2D eigenvalue weighted by Crippen LogP contribution is 2.33. The molecule has 9 heteroatoms. The van der Waals surface area contributed by atoms with E-state index in [0.29, 0.717) is 12.0 Å². The Balaban J connectivity index is 1.89. The molecule has 2 heterocycles. The number of ether oxygens (including phenoxy) is 2. The van der Waals surface area contributed by atoms with Gasteiger partial charge < -0.3 is 14.0 Å². The van der Waals surface area contributed by atoms with Crippen LogP contribution in [0.2, 0.25) is 0 Å². The van der Waals surface area contributed by atoms with Crippen LogP contribution in [0.25, 0.3) is 12.3 Å². The number of halogens is 2. The molecule has 0 saturated carbocycles. The molecule has 1 atom stereocenters. The van der Waals surface area contributed by atoms with E-state index in [1.165, 1.54) is 24.3 Å². The van der Waals surface area contributed by atoms with Crippen molar-refractivity contribution in [3.8, 4) is 11.5 Å². The third-order valence-electron chi connectivity index (χ3n) is 4.55. The lowest BCUT2D eigenvalue weighted by molar-refractivity contribution is -0.0519. The van der Waals surface area contributed by atoms with Gasteiger partial charge in [-0.3, -0.25) is 4.79 Å². The van der Waals surface area contributed by atoms with Crippen molar-refractivity contribution in [1.82, 2.24) is 4.57 Å². The zero-order valence-electron chi connectivity index (χ0n) is 16.0. The number of alkyl halides is 2. The summed E-state index contributed by atoms with van der Waals surface area (Å²) in [6, 6.07) is 7.47. The summed E-state index contributed by atoms with van der Waals surface area (Å²) in [4.78, 5) is 11.5. The van der Waals surface area contributed by atoms with Crippen LogP contribution in [0, 0.1) is 13.8 Å². The number of benzene rings is 1. The van der Waals surface area contributed by atoms with Gasteiger partial charge in [-0.15, -0.1) is 0 Å². The summed E-state index contributed by atoms with van der Waals surface area (Å²) in [6.07, 6.45) is 3.17. The molecule has 156 valence electrons. The zero-order chi connectivity index (χ0) is 21.2. The lowest BCUT2D eigenvalue weighted by Gasteiger charge is -2.16. The van der Waals surface area contributed by atoms with Crippen LogP contribution in [0.5, 0.6) is 11.5 Å². The van der Waals surface area contributed by atoms with E-state index in [1.54, 1.807) is 32.2 Å². The molecule has 1 aromatic heterocycles. The zero-order valence-corrected chi connectivity index (χ0v) is 16.8. The molecule has 1 unspecified atom stereocenters. The number of sulfone groups is 1. The summed E-state index contributed by atoms with van der Waals surface area (Å²) in [5.74, 6) is -0.246. The summed E-state index contributed by atoms with van der Waals surface area (Å²) in [7, 11) is -3.18. The Labute approximate surface area is 167 Å². The molecule has 3 rings (SSSR count). The van der Waals surface area contributed by atoms with Gasteiger partial charge in [0.05, 0.1) is 11.5 Å². The Morgan fingerprint density at radius 2 is 1.83 bits per heavy atom. The summed E-state index contributed by atoms with van der Waals surface area (Å²) >= 11 is 0. The molecule has 1 aliphatic rings. The third kappa shape index (κ3) is 5.44. The molecule has 0 amide bonds. The molecule has 1 fully saturated rings. The van der Waals surface area contributed by atoms with Crippen LogP contribution in [0.4, 0.5) is 8.78 Å². The summed E-state index contributed by atoms with van der Waals surface area (Å²) in [5.41, 5.74) is 2.05. The van der Waals surface area contributed by atoms with E-state index in [1.807, 2.05) is 4.57 Å². The second-order valence-electron chi connectivity index (χ2n) is 6.89. The first-order valence-electron chi connectivity index (χ1n) is 8.97. The molecule has 1 aliphatic heterocycles. The number of pyridine rings is 1. The van der Waals surface area contributed by atoms with Crippen molar-refractivity contribution in [3.05, 3.63) is 57.5 Å². The average molecular weight is 425 g/mol. The monoisotopic (exact) mass is 425 g/mol. The number of nitrogens with zero attached hydrogens (tertiary/aromatic N) is 1. The number of aryl methyl sites for hydroxylation is 2. The van der Waals surface area contributed by atoms with Gasteiger partial charge in [-0.1, -0.05) is 6.07 Å². The van der Waals surface area contributed by atoms with Crippen molar-refractivity contribution >= 4 is 22.1 Å². The molecule has 1 saturated heterocycles. The summed E-state index contributed by atoms with van der Waals surface area (Å²) < 4.78 is 60.7. The lowest BCUT2D eigenvalue weighted by Crippen LogP contribution is -2.18. The summed E-state index contributed by atoms with van der Waals surface area (Å²) in [6.45, 7) is 0.568. The van der Waals surface area contributed by atoms with E-state index >= 15 is 0 Å². The predicted octanol–water partition coefficient (Wildman–Crippen LogP) is 3.26. The van der Waals surface area contributed by atoms with Gasteiger partial charge in [-0.05, 0) is 44.0 Å². The van der Waals surface area contributed by atoms with Crippen LogP contribution >= 0.6 is 0 Å². The van der Waals surface area contributed by atoms with Crippen molar-refractivity contribution in [2.24, 2.45) is 0 Å². The van der Waals surface area contributed by atoms with Gasteiger partial charge in [0.1, 0.15) is 6.10 Å². The molecule has 0 aliphatic carbocycles. The Hall–Kier alpha value is -2.68. The molecule has 0 bridgehead atoms. The highest BCUT2D eigenvalue weighted by molar-refractivity contribution is 7.91. The van der Waals surface area contributed by atoms with Gasteiger partial charge in [-0.25, -0.2) is 8.42 Å². The smallest absolute Gasteiger partial charge is 0.387 e. The lowest BCUT2D eigenvalue weighted by atomic mass is 10.2. The van der Waals surface area contributed by atoms with Crippen LogP contribution in [-0.2, 0) is 9.84 Å². The predicted molar refractivity (Wildman–Crippen MR) is 106 cm³/mol. The maximum Gasteiger partial charge on any atom is 0.387 e. The van der Waals surface area contributed by atoms with Gasteiger partial charge in [0.25, 0.3) is 0 Å². The van der Waals surface area contributed by atoms with Gasteiger partial charge in [0.15, 0.2) is 26.8 Å². The van der Waals surface area contributed by atoms with E-state index in [0.717, 1.165) is 11.4 Å². The largest absolute Gasteiger partial charge is 0.485 e. The van der Waals surface area contributed by atoms with Crippen molar-refractivity contribution in [2.45, 2.75) is 33.0 Å². The molecular formula is C20H21F2NO5S. The highest BCUT2D eigenvalue weighted by Gasteiger charge is 2.30. The van der Waals surface area contributed by atoms with Crippen LogP contribution < -0.4 is 14.9 Å². The summed E-state index contributed by atoms with van der Waals surface area (Å²) in [5, 5.41) is 0. The number of rotatable bonds is 6.